The van der Waals surface area contributed by atoms with Crippen LogP contribution in [0.2, 0.25) is 0 Å². The molecule has 0 radical (unpaired) electrons. The lowest BCUT2D eigenvalue weighted by atomic mass is 9.94. The van der Waals surface area contributed by atoms with Crippen LogP contribution in [0, 0.1) is 5.41 Å². The maximum atomic E-state index is 11.5. The van der Waals surface area contributed by atoms with E-state index in [1.54, 1.807) is 26.0 Å². The van der Waals surface area contributed by atoms with Gasteiger partial charge in [0.1, 0.15) is 11.4 Å². The van der Waals surface area contributed by atoms with Crippen LogP contribution in [0.3, 0.4) is 0 Å². The summed E-state index contributed by atoms with van der Waals surface area (Å²) in [4.78, 5) is 26.4. The van der Waals surface area contributed by atoms with Crippen molar-refractivity contribution in [3.63, 3.8) is 0 Å². The van der Waals surface area contributed by atoms with Crippen molar-refractivity contribution in [1.29, 1.82) is 0 Å². The predicted octanol–water partition coefficient (Wildman–Crippen LogP) is 1.39. The average molecular weight is 252 g/mol. The zero-order chi connectivity index (χ0) is 13.8. The van der Waals surface area contributed by atoms with Gasteiger partial charge in [0.25, 0.3) is 0 Å². The molecule has 0 saturated heterocycles. The van der Waals surface area contributed by atoms with Crippen LogP contribution in [0.25, 0.3) is 0 Å². The number of carbonyl (C=O) groups excluding carboxylic acids is 1. The highest BCUT2D eigenvalue weighted by Gasteiger charge is 2.27. The Labute approximate surface area is 105 Å². The molecule has 1 aromatic heterocycles. The predicted molar refractivity (Wildman–Crippen MR) is 65.5 cm³/mol. The molecule has 1 aromatic rings. The van der Waals surface area contributed by atoms with E-state index in [9.17, 15) is 9.59 Å². The fourth-order valence-electron chi connectivity index (χ4n) is 1.20. The van der Waals surface area contributed by atoms with E-state index in [1.807, 2.05) is 0 Å². The number of nitrogens with one attached hydrogen (secondary N) is 1. The summed E-state index contributed by atoms with van der Waals surface area (Å²) in [6.07, 6.45) is 1.52. The molecular weight excluding hydrogens is 236 g/mol. The summed E-state index contributed by atoms with van der Waals surface area (Å²) in [5.41, 5.74) is -0.675. The molecule has 0 aliphatic heterocycles. The molecule has 0 unspecified atom stereocenters. The van der Waals surface area contributed by atoms with E-state index in [4.69, 9.17) is 5.11 Å². The van der Waals surface area contributed by atoms with Crippen LogP contribution in [0.1, 0.15) is 24.2 Å². The Morgan fingerprint density at radius 3 is 2.72 bits per heavy atom. The number of carboxylic acid groups (broad SMARTS) is 1. The van der Waals surface area contributed by atoms with Crippen molar-refractivity contribution in [3.8, 4) is 0 Å². The summed E-state index contributed by atoms with van der Waals surface area (Å²) in [6, 6.07) is 3.18. The van der Waals surface area contributed by atoms with Crippen LogP contribution < -0.4 is 5.32 Å². The number of esters is 1. The maximum absolute atomic E-state index is 11.5. The van der Waals surface area contributed by atoms with Gasteiger partial charge in [0.15, 0.2) is 0 Å². The number of hydrogen-bond acceptors (Lipinski definition) is 5. The molecule has 0 amide bonds. The number of anilines is 1. The Hall–Kier alpha value is -2.11. The van der Waals surface area contributed by atoms with Crippen molar-refractivity contribution in [1.82, 2.24) is 4.98 Å². The first-order valence-corrected chi connectivity index (χ1v) is 5.39. The van der Waals surface area contributed by atoms with Crippen molar-refractivity contribution in [2.75, 3.05) is 19.0 Å². The first-order chi connectivity index (χ1) is 8.38. The normalized spacial score (nSPS) is 10.8. The molecule has 0 aromatic carbocycles. The molecular formula is C12H16N2O4. The van der Waals surface area contributed by atoms with Crippen LogP contribution in [0.4, 0.5) is 5.82 Å². The second kappa shape index (κ2) is 5.48. The second-order valence-electron chi connectivity index (χ2n) is 4.43. The van der Waals surface area contributed by atoms with Crippen molar-refractivity contribution < 1.29 is 19.4 Å². The van der Waals surface area contributed by atoms with E-state index in [2.05, 4.69) is 15.0 Å². The van der Waals surface area contributed by atoms with E-state index in [0.717, 1.165) is 0 Å². The molecule has 1 rings (SSSR count). The van der Waals surface area contributed by atoms with Crippen molar-refractivity contribution in [2.24, 2.45) is 5.41 Å². The number of carbonyl (C=O) groups is 2. The third-order valence-corrected chi connectivity index (χ3v) is 2.49. The van der Waals surface area contributed by atoms with Gasteiger partial charge >= 0.3 is 11.9 Å². The van der Waals surface area contributed by atoms with E-state index in [0.29, 0.717) is 5.82 Å². The molecule has 0 spiro atoms. The number of methoxy groups -OCH3 is 1. The number of aliphatic carboxylic acids is 1. The summed E-state index contributed by atoms with van der Waals surface area (Å²) in [5, 5.41) is 11.8. The van der Waals surface area contributed by atoms with Crippen LogP contribution in [0.15, 0.2) is 18.3 Å². The Bertz CT molecular complexity index is 457. The highest BCUT2D eigenvalue weighted by atomic mass is 16.5. The lowest BCUT2D eigenvalue weighted by Crippen LogP contribution is -2.32. The van der Waals surface area contributed by atoms with Crippen LogP contribution >= 0.6 is 0 Å². The number of carboxylic acids is 1. The quantitative estimate of drug-likeness (QED) is 0.770. The fourth-order valence-corrected chi connectivity index (χ4v) is 1.20. The van der Waals surface area contributed by atoms with E-state index >= 15 is 0 Å². The number of aromatic nitrogens is 1. The monoisotopic (exact) mass is 252 g/mol. The molecule has 18 heavy (non-hydrogen) atoms. The lowest BCUT2D eigenvalue weighted by molar-refractivity contribution is -0.146. The van der Waals surface area contributed by atoms with Gasteiger partial charge < -0.3 is 15.2 Å². The average Bonchev–Trinajstić information content (AvgIpc) is 2.35. The van der Waals surface area contributed by atoms with Gasteiger partial charge in [-0.05, 0) is 26.0 Å². The summed E-state index contributed by atoms with van der Waals surface area (Å²) < 4.78 is 4.62. The van der Waals surface area contributed by atoms with Gasteiger partial charge in [-0.2, -0.15) is 0 Å². The molecule has 0 fully saturated rings. The topological polar surface area (TPSA) is 88.5 Å². The van der Waals surface area contributed by atoms with Gasteiger partial charge in [-0.1, -0.05) is 0 Å². The minimum absolute atomic E-state index is 0.156. The highest BCUT2D eigenvalue weighted by Crippen LogP contribution is 2.18. The largest absolute Gasteiger partial charge is 0.481 e. The highest BCUT2D eigenvalue weighted by molar-refractivity contribution is 5.94. The molecule has 98 valence electrons. The summed E-state index contributed by atoms with van der Waals surface area (Å²) in [5.74, 6) is -1.12. The third-order valence-electron chi connectivity index (χ3n) is 2.49. The van der Waals surface area contributed by atoms with Crippen molar-refractivity contribution in [3.05, 3.63) is 23.9 Å². The molecule has 6 heteroatoms. The smallest absolute Gasteiger partial charge is 0.341 e. The van der Waals surface area contributed by atoms with E-state index in [-0.39, 0.29) is 12.1 Å². The van der Waals surface area contributed by atoms with Crippen LogP contribution in [-0.4, -0.2) is 35.7 Å². The van der Waals surface area contributed by atoms with Crippen molar-refractivity contribution in [2.45, 2.75) is 13.8 Å². The van der Waals surface area contributed by atoms with Gasteiger partial charge in [-0.25, -0.2) is 9.78 Å². The van der Waals surface area contributed by atoms with Gasteiger partial charge in [0.05, 0.1) is 12.5 Å². The Morgan fingerprint density at radius 1 is 1.50 bits per heavy atom. The summed E-state index contributed by atoms with van der Waals surface area (Å²) in [6.45, 7) is 3.33. The third kappa shape index (κ3) is 3.19. The van der Waals surface area contributed by atoms with Crippen molar-refractivity contribution >= 4 is 17.8 Å². The van der Waals surface area contributed by atoms with E-state index < -0.39 is 17.4 Å². The SMILES string of the molecule is COC(=O)c1cccnc1NCC(C)(C)C(=O)O. The fraction of sp³-hybridized carbons (Fsp3) is 0.417. The number of ether oxygens (including phenoxy) is 1. The van der Waals surface area contributed by atoms with E-state index in [1.165, 1.54) is 13.3 Å². The Balaban J connectivity index is 2.86. The standard InChI is InChI=1S/C12H16N2O4/c1-12(2,11(16)17)7-14-9-8(10(15)18-3)5-4-6-13-9/h4-6H,7H2,1-3H3,(H,13,14)(H,16,17). The minimum Gasteiger partial charge on any atom is -0.481 e. The second-order valence-corrected chi connectivity index (χ2v) is 4.43. The van der Waals surface area contributed by atoms with Crippen LogP contribution in [-0.2, 0) is 9.53 Å². The summed E-state index contributed by atoms with van der Waals surface area (Å²) in [7, 11) is 1.28. The molecule has 1 heterocycles. The Kier molecular flexibility index (Phi) is 4.25. The summed E-state index contributed by atoms with van der Waals surface area (Å²) >= 11 is 0. The number of pyridine rings is 1. The molecule has 0 atom stereocenters. The maximum Gasteiger partial charge on any atom is 0.341 e. The van der Waals surface area contributed by atoms with Gasteiger partial charge in [0.2, 0.25) is 0 Å². The first kappa shape index (κ1) is 14.0. The van der Waals surface area contributed by atoms with Gasteiger partial charge in [0, 0.05) is 12.7 Å². The minimum atomic E-state index is -0.953. The zero-order valence-corrected chi connectivity index (χ0v) is 10.6. The molecule has 0 aliphatic carbocycles. The number of nitrogens with zero attached hydrogens (tertiary/aromatic N) is 1. The number of hydrogen-bond donors (Lipinski definition) is 2. The molecule has 2 N–H and O–H groups in total. The Morgan fingerprint density at radius 2 is 2.17 bits per heavy atom. The first-order valence-electron chi connectivity index (χ1n) is 5.39. The zero-order valence-electron chi connectivity index (χ0n) is 10.6. The van der Waals surface area contributed by atoms with Gasteiger partial charge in [-0.15, -0.1) is 0 Å². The van der Waals surface area contributed by atoms with Crippen LogP contribution in [0.5, 0.6) is 0 Å². The number of rotatable bonds is 5. The van der Waals surface area contributed by atoms with Gasteiger partial charge in [-0.3, -0.25) is 4.79 Å². The molecule has 0 aliphatic rings. The lowest BCUT2D eigenvalue weighted by Gasteiger charge is -2.20. The molecule has 0 saturated carbocycles. The molecule has 6 nitrogen and oxygen atoms in total. The molecule has 0 bridgehead atoms.